The SMILES string of the molecule is CCNC(=NCc1cccc(CN2CCCC2=O)c1)N(C)Cc1cn(C)nc1C(C)C. The van der Waals surface area contributed by atoms with Crippen molar-refractivity contribution in [2.24, 2.45) is 12.0 Å². The molecular formula is C24H36N6O. The summed E-state index contributed by atoms with van der Waals surface area (Å²) in [5.74, 6) is 1.52. The Bertz CT molecular complexity index is 917. The van der Waals surface area contributed by atoms with E-state index in [1.807, 2.05) is 16.6 Å². The Morgan fingerprint density at radius 2 is 2.10 bits per heavy atom. The van der Waals surface area contributed by atoms with Gasteiger partial charge in [-0.2, -0.15) is 5.10 Å². The number of aliphatic imine (C=N–C) groups is 1. The molecule has 31 heavy (non-hydrogen) atoms. The van der Waals surface area contributed by atoms with Gasteiger partial charge in [0.2, 0.25) is 5.91 Å². The van der Waals surface area contributed by atoms with E-state index in [1.54, 1.807) is 0 Å². The topological polar surface area (TPSA) is 65.8 Å². The van der Waals surface area contributed by atoms with Gasteiger partial charge in [0.25, 0.3) is 0 Å². The van der Waals surface area contributed by atoms with Crippen molar-refractivity contribution in [3.8, 4) is 0 Å². The van der Waals surface area contributed by atoms with E-state index in [9.17, 15) is 4.79 Å². The first-order chi connectivity index (χ1) is 14.9. The Balaban J connectivity index is 1.69. The second kappa shape index (κ2) is 10.5. The average molecular weight is 425 g/mol. The number of aryl methyl sites for hydroxylation is 1. The molecule has 1 aliphatic rings. The Morgan fingerprint density at radius 3 is 2.77 bits per heavy atom. The number of amides is 1. The molecule has 1 N–H and O–H groups in total. The second-order valence-corrected chi connectivity index (χ2v) is 8.63. The molecule has 1 amide bonds. The van der Waals surface area contributed by atoms with E-state index in [0.29, 0.717) is 25.4 Å². The molecule has 168 valence electrons. The fourth-order valence-corrected chi connectivity index (χ4v) is 4.05. The van der Waals surface area contributed by atoms with Crippen LogP contribution in [0, 0.1) is 0 Å². The van der Waals surface area contributed by atoms with Crippen molar-refractivity contribution < 1.29 is 4.79 Å². The molecule has 7 nitrogen and oxygen atoms in total. The number of carbonyl (C=O) groups is 1. The van der Waals surface area contributed by atoms with E-state index in [2.05, 4.69) is 73.6 Å². The molecule has 0 spiro atoms. The average Bonchev–Trinajstić information content (AvgIpc) is 3.30. The lowest BCUT2D eigenvalue weighted by molar-refractivity contribution is -0.128. The van der Waals surface area contributed by atoms with Crippen molar-refractivity contribution in [2.45, 2.75) is 59.2 Å². The lowest BCUT2D eigenvalue weighted by atomic mass is 10.1. The lowest BCUT2D eigenvalue weighted by Crippen LogP contribution is -2.38. The molecule has 1 aromatic heterocycles. The molecule has 2 aromatic rings. The molecule has 1 aromatic carbocycles. The molecule has 0 radical (unpaired) electrons. The third-order valence-electron chi connectivity index (χ3n) is 5.54. The summed E-state index contributed by atoms with van der Waals surface area (Å²) in [5.41, 5.74) is 4.67. The van der Waals surface area contributed by atoms with Crippen LogP contribution < -0.4 is 5.32 Å². The summed E-state index contributed by atoms with van der Waals surface area (Å²) in [6, 6.07) is 8.41. The molecule has 0 aliphatic carbocycles. The fourth-order valence-electron chi connectivity index (χ4n) is 4.05. The summed E-state index contributed by atoms with van der Waals surface area (Å²) < 4.78 is 1.89. The third kappa shape index (κ3) is 6.09. The first-order valence-corrected chi connectivity index (χ1v) is 11.2. The van der Waals surface area contributed by atoms with Gasteiger partial charge in [-0.1, -0.05) is 38.1 Å². The van der Waals surface area contributed by atoms with E-state index >= 15 is 0 Å². The van der Waals surface area contributed by atoms with Gasteiger partial charge in [-0.15, -0.1) is 0 Å². The van der Waals surface area contributed by atoms with Crippen molar-refractivity contribution in [3.63, 3.8) is 0 Å². The maximum atomic E-state index is 11.9. The van der Waals surface area contributed by atoms with Gasteiger partial charge >= 0.3 is 0 Å². The molecule has 0 unspecified atom stereocenters. The molecule has 7 heteroatoms. The molecule has 1 fully saturated rings. The number of hydrogen-bond donors (Lipinski definition) is 1. The number of nitrogens with one attached hydrogen (secondary N) is 1. The number of nitrogens with zero attached hydrogens (tertiary/aromatic N) is 5. The first-order valence-electron chi connectivity index (χ1n) is 11.2. The van der Waals surface area contributed by atoms with E-state index in [1.165, 1.54) is 11.1 Å². The monoisotopic (exact) mass is 424 g/mol. The zero-order valence-corrected chi connectivity index (χ0v) is 19.6. The van der Waals surface area contributed by atoms with Crippen LogP contribution in [0.3, 0.4) is 0 Å². The highest BCUT2D eigenvalue weighted by Crippen LogP contribution is 2.19. The predicted octanol–water partition coefficient (Wildman–Crippen LogP) is 3.26. The Labute approximate surface area is 186 Å². The van der Waals surface area contributed by atoms with Crippen molar-refractivity contribution in [2.75, 3.05) is 20.1 Å². The standard InChI is InChI=1S/C24H36N6O/c1-6-25-24(28(4)16-21-17-29(5)27-23(21)18(2)3)26-14-19-9-7-10-20(13-19)15-30-12-8-11-22(30)31/h7,9-10,13,17-18H,6,8,11-12,14-16H2,1-5H3,(H,25,26). The summed E-state index contributed by atoms with van der Waals surface area (Å²) >= 11 is 0. The van der Waals surface area contributed by atoms with Crippen LogP contribution in [0.25, 0.3) is 0 Å². The molecular weight excluding hydrogens is 388 g/mol. The Hall–Kier alpha value is -2.83. The van der Waals surface area contributed by atoms with E-state index < -0.39 is 0 Å². The number of benzene rings is 1. The van der Waals surface area contributed by atoms with Crippen LogP contribution in [0.1, 0.15) is 61.9 Å². The number of likely N-dealkylation sites (tertiary alicyclic amines) is 1. The van der Waals surface area contributed by atoms with Gasteiger partial charge in [0.1, 0.15) is 0 Å². The van der Waals surface area contributed by atoms with Crippen LogP contribution in [-0.4, -0.2) is 51.6 Å². The number of carbonyl (C=O) groups excluding carboxylic acids is 1. The normalized spacial score (nSPS) is 14.6. The van der Waals surface area contributed by atoms with Gasteiger partial charge < -0.3 is 15.1 Å². The zero-order chi connectivity index (χ0) is 22.4. The largest absolute Gasteiger partial charge is 0.357 e. The molecule has 0 atom stereocenters. The highest BCUT2D eigenvalue weighted by atomic mass is 16.2. The van der Waals surface area contributed by atoms with Crippen molar-refractivity contribution in [1.29, 1.82) is 0 Å². The smallest absolute Gasteiger partial charge is 0.222 e. The molecule has 0 bridgehead atoms. The minimum Gasteiger partial charge on any atom is -0.357 e. The van der Waals surface area contributed by atoms with E-state index in [-0.39, 0.29) is 5.91 Å². The zero-order valence-electron chi connectivity index (χ0n) is 19.6. The van der Waals surface area contributed by atoms with Gasteiger partial charge in [0, 0.05) is 58.5 Å². The minimum atomic E-state index is 0.260. The number of hydrogen-bond acceptors (Lipinski definition) is 3. The van der Waals surface area contributed by atoms with Crippen LogP contribution >= 0.6 is 0 Å². The van der Waals surface area contributed by atoms with E-state index in [0.717, 1.165) is 43.3 Å². The quantitative estimate of drug-likeness (QED) is 0.522. The van der Waals surface area contributed by atoms with Crippen LogP contribution in [0.15, 0.2) is 35.5 Å². The number of rotatable bonds is 8. The van der Waals surface area contributed by atoms with Gasteiger partial charge in [0.05, 0.1) is 12.2 Å². The van der Waals surface area contributed by atoms with Crippen LogP contribution in [0.5, 0.6) is 0 Å². The molecule has 0 saturated carbocycles. The van der Waals surface area contributed by atoms with E-state index in [4.69, 9.17) is 4.99 Å². The van der Waals surface area contributed by atoms with Gasteiger partial charge in [-0.05, 0) is 30.4 Å². The Morgan fingerprint density at radius 1 is 1.32 bits per heavy atom. The summed E-state index contributed by atoms with van der Waals surface area (Å²) in [6.45, 7) is 10.1. The summed E-state index contributed by atoms with van der Waals surface area (Å²) in [7, 11) is 4.03. The van der Waals surface area contributed by atoms with Gasteiger partial charge in [-0.25, -0.2) is 4.99 Å². The highest BCUT2D eigenvalue weighted by molar-refractivity contribution is 5.79. The Kier molecular flexibility index (Phi) is 7.71. The lowest BCUT2D eigenvalue weighted by Gasteiger charge is -2.22. The molecule has 1 aliphatic heterocycles. The molecule has 2 heterocycles. The van der Waals surface area contributed by atoms with Crippen LogP contribution in [0.2, 0.25) is 0 Å². The number of guanidine groups is 1. The number of aromatic nitrogens is 2. The van der Waals surface area contributed by atoms with Gasteiger partial charge in [-0.3, -0.25) is 9.48 Å². The van der Waals surface area contributed by atoms with Crippen LogP contribution in [-0.2, 0) is 31.5 Å². The second-order valence-electron chi connectivity index (χ2n) is 8.63. The minimum absolute atomic E-state index is 0.260. The first kappa shape index (κ1) is 22.8. The third-order valence-corrected chi connectivity index (χ3v) is 5.54. The van der Waals surface area contributed by atoms with Crippen LogP contribution in [0.4, 0.5) is 0 Å². The van der Waals surface area contributed by atoms with Gasteiger partial charge in [0.15, 0.2) is 5.96 Å². The summed E-state index contributed by atoms with van der Waals surface area (Å²) in [5, 5.41) is 8.02. The summed E-state index contributed by atoms with van der Waals surface area (Å²) in [4.78, 5) is 20.9. The molecule has 3 rings (SSSR count). The molecule has 1 saturated heterocycles. The maximum Gasteiger partial charge on any atom is 0.222 e. The van der Waals surface area contributed by atoms with Crippen molar-refractivity contribution in [3.05, 3.63) is 52.8 Å². The summed E-state index contributed by atoms with van der Waals surface area (Å²) in [6.07, 6.45) is 3.74. The highest BCUT2D eigenvalue weighted by Gasteiger charge is 2.20. The fraction of sp³-hybridized carbons (Fsp3) is 0.542. The van der Waals surface area contributed by atoms with Crippen molar-refractivity contribution in [1.82, 2.24) is 24.9 Å². The predicted molar refractivity (Wildman–Crippen MR) is 125 cm³/mol. The van der Waals surface area contributed by atoms with Crippen molar-refractivity contribution >= 4 is 11.9 Å². The maximum absolute atomic E-state index is 11.9.